The molecule has 0 unspecified atom stereocenters. The van der Waals surface area contributed by atoms with Crippen LogP contribution in [-0.4, -0.2) is 18.7 Å². The lowest BCUT2D eigenvalue weighted by Crippen LogP contribution is -2.27. The molecule has 0 bridgehead atoms. The van der Waals surface area contributed by atoms with E-state index >= 15 is 0 Å². The van der Waals surface area contributed by atoms with Crippen LogP contribution in [0, 0.1) is 0 Å². The summed E-state index contributed by atoms with van der Waals surface area (Å²) in [7, 11) is 2.07. The summed E-state index contributed by atoms with van der Waals surface area (Å²) < 4.78 is 0. The van der Waals surface area contributed by atoms with Crippen molar-refractivity contribution in [3.05, 3.63) is 95.6 Å². The highest BCUT2D eigenvalue weighted by atomic mass is 15.4. The highest BCUT2D eigenvalue weighted by Gasteiger charge is 2.26. The van der Waals surface area contributed by atoms with Crippen molar-refractivity contribution in [3.8, 4) is 0 Å². The molecule has 2 heterocycles. The molecule has 0 aromatic heterocycles. The summed E-state index contributed by atoms with van der Waals surface area (Å²) in [5.41, 5.74) is 6.33. The lowest BCUT2D eigenvalue weighted by molar-refractivity contribution is 0.998. The average Bonchev–Trinajstić information content (AvgIpc) is 3.25. The molecule has 0 atom stereocenters. The number of hydrogen-bond donors (Lipinski definition) is 0. The number of rotatable bonds is 3. The van der Waals surface area contributed by atoms with E-state index in [1.165, 1.54) is 28.1 Å². The van der Waals surface area contributed by atoms with Crippen LogP contribution in [0.15, 0.2) is 89.1 Å². The topological polar surface area (TPSA) is 31.2 Å². The fraction of sp³-hybridized carbons (Fsp3) is 0.167. The zero-order valence-electron chi connectivity index (χ0n) is 15.9. The van der Waals surface area contributed by atoms with Crippen molar-refractivity contribution in [2.24, 2.45) is 10.2 Å². The first-order valence-corrected chi connectivity index (χ1v) is 9.64. The van der Waals surface area contributed by atoms with Crippen LogP contribution in [0.1, 0.15) is 16.7 Å². The Hall–Kier alpha value is -3.40. The molecule has 0 amide bonds. The van der Waals surface area contributed by atoms with E-state index in [1.54, 1.807) is 0 Å². The van der Waals surface area contributed by atoms with Crippen LogP contribution in [0.3, 0.4) is 0 Å². The second-order valence-electron chi connectivity index (χ2n) is 7.27. The van der Waals surface area contributed by atoms with E-state index in [1.807, 2.05) is 0 Å². The monoisotopic (exact) mass is 366 g/mol. The molecule has 3 aromatic rings. The second-order valence-corrected chi connectivity index (χ2v) is 7.27. The first kappa shape index (κ1) is 16.8. The molecular formula is C24H22N4. The summed E-state index contributed by atoms with van der Waals surface area (Å²) in [5, 5.41) is 9.38. The minimum Gasteiger partial charge on any atom is -0.331 e. The number of fused-ring (bicyclic) bond motifs is 2. The van der Waals surface area contributed by atoms with Gasteiger partial charge in [-0.1, -0.05) is 66.7 Å². The first-order chi connectivity index (χ1) is 13.8. The van der Waals surface area contributed by atoms with Crippen molar-refractivity contribution in [2.75, 3.05) is 16.8 Å². The number of para-hydroxylation sites is 2. The molecule has 0 N–H and O–H groups in total. The zero-order valence-corrected chi connectivity index (χ0v) is 15.9. The average molecular weight is 366 g/mol. The quantitative estimate of drug-likeness (QED) is 0.632. The molecule has 2 aliphatic rings. The summed E-state index contributed by atoms with van der Waals surface area (Å²) in [6.07, 6.45) is 1.64. The molecule has 0 fully saturated rings. The summed E-state index contributed by atoms with van der Waals surface area (Å²) in [6.45, 7) is 0.803. The van der Waals surface area contributed by atoms with E-state index in [9.17, 15) is 0 Å². The number of amidine groups is 2. The lowest BCUT2D eigenvalue weighted by Gasteiger charge is -2.20. The highest BCUT2D eigenvalue weighted by Crippen LogP contribution is 2.31. The van der Waals surface area contributed by atoms with Crippen LogP contribution >= 0.6 is 0 Å². The number of hydrogen-bond acceptors (Lipinski definition) is 2. The molecule has 3 aromatic carbocycles. The smallest absolute Gasteiger partial charge is 0.136 e. The first-order valence-electron chi connectivity index (χ1n) is 9.64. The minimum atomic E-state index is 0.803. The SMILES string of the molecule is CN1/C(=N/N=C2/Cc3ccccc3N2Cc2ccccc2)Cc2ccccc21. The Bertz CT molecular complexity index is 1070. The normalized spacial score (nSPS) is 18.0. The van der Waals surface area contributed by atoms with Crippen LogP contribution in [0.4, 0.5) is 11.4 Å². The number of benzene rings is 3. The van der Waals surface area contributed by atoms with Gasteiger partial charge in [0, 0.05) is 37.8 Å². The van der Waals surface area contributed by atoms with Crippen LogP contribution < -0.4 is 9.80 Å². The van der Waals surface area contributed by atoms with Crippen molar-refractivity contribution >= 4 is 23.0 Å². The van der Waals surface area contributed by atoms with Gasteiger partial charge < -0.3 is 9.80 Å². The van der Waals surface area contributed by atoms with Gasteiger partial charge in [0.05, 0.1) is 0 Å². The molecule has 0 saturated carbocycles. The maximum atomic E-state index is 4.72. The molecule has 0 radical (unpaired) electrons. The molecule has 0 aliphatic carbocycles. The summed E-state index contributed by atoms with van der Waals surface area (Å²) in [4.78, 5) is 4.43. The van der Waals surface area contributed by atoms with Crippen molar-refractivity contribution in [1.82, 2.24) is 0 Å². The van der Waals surface area contributed by atoms with Crippen molar-refractivity contribution in [3.63, 3.8) is 0 Å². The summed E-state index contributed by atoms with van der Waals surface area (Å²) in [6, 6.07) is 27.5. The molecule has 5 rings (SSSR count). The van der Waals surface area contributed by atoms with Gasteiger partial charge in [0.25, 0.3) is 0 Å². The Morgan fingerprint density at radius 1 is 0.679 bits per heavy atom. The van der Waals surface area contributed by atoms with Crippen molar-refractivity contribution < 1.29 is 0 Å². The third kappa shape index (κ3) is 2.97. The Morgan fingerprint density at radius 2 is 1.25 bits per heavy atom. The van der Waals surface area contributed by atoms with E-state index in [4.69, 9.17) is 5.10 Å². The maximum Gasteiger partial charge on any atom is 0.136 e. The van der Waals surface area contributed by atoms with Gasteiger partial charge in [-0.25, -0.2) is 0 Å². The van der Waals surface area contributed by atoms with Gasteiger partial charge in [-0.15, -0.1) is 10.2 Å². The Labute approximate surface area is 165 Å². The third-order valence-electron chi connectivity index (χ3n) is 5.50. The number of likely N-dealkylation sites (N-methyl/N-ethyl adjacent to an activating group) is 1. The van der Waals surface area contributed by atoms with E-state index in [0.29, 0.717) is 0 Å². The number of nitrogens with zero attached hydrogens (tertiary/aromatic N) is 4. The molecule has 138 valence electrons. The molecule has 4 heteroatoms. The van der Waals surface area contributed by atoms with Gasteiger partial charge in [0.1, 0.15) is 11.7 Å². The molecule has 0 saturated heterocycles. The fourth-order valence-electron chi connectivity index (χ4n) is 3.99. The molecule has 2 aliphatic heterocycles. The summed E-state index contributed by atoms with van der Waals surface area (Å²) in [5.74, 6) is 1.99. The van der Waals surface area contributed by atoms with Gasteiger partial charge in [0.2, 0.25) is 0 Å². The van der Waals surface area contributed by atoms with Gasteiger partial charge in [0.15, 0.2) is 0 Å². The van der Waals surface area contributed by atoms with Crippen LogP contribution in [0.25, 0.3) is 0 Å². The lowest BCUT2D eigenvalue weighted by atomic mass is 10.1. The highest BCUT2D eigenvalue weighted by molar-refractivity contribution is 6.07. The Balaban J connectivity index is 1.47. The standard InChI is InChI=1S/C24H22N4/c1-27-21-13-7-5-11-19(21)15-23(27)25-26-24-16-20-12-6-8-14-22(20)28(24)17-18-9-3-2-4-10-18/h2-14H,15-17H2,1H3/b25-23+,26-24-. The largest absolute Gasteiger partial charge is 0.331 e. The van der Waals surface area contributed by atoms with Gasteiger partial charge in [-0.3, -0.25) is 0 Å². The van der Waals surface area contributed by atoms with E-state index in [-0.39, 0.29) is 0 Å². The van der Waals surface area contributed by atoms with Gasteiger partial charge in [-0.05, 0) is 28.8 Å². The van der Waals surface area contributed by atoms with E-state index in [2.05, 4.69) is 101 Å². The minimum absolute atomic E-state index is 0.803. The molecule has 4 nitrogen and oxygen atoms in total. The molecular weight excluding hydrogens is 344 g/mol. The fourth-order valence-corrected chi connectivity index (χ4v) is 3.99. The Morgan fingerprint density at radius 3 is 2.00 bits per heavy atom. The maximum absolute atomic E-state index is 4.72. The molecule has 0 spiro atoms. The van der Waals surface area contributed by atoms with Crippen molar-refractivity contribution in [1.29, 1.82) is 0 Å². The van der Waals surface area contributed by atoms with Crippen LogP contribution in [-0.2, 0) is 19.4 Å². The predicted octanol–water partition coefficient (Wildman–Crippen LogP) is 4.65. The predicted molar refractivity (Wildman–Crippen MR) is 116 cm³/mol. The van der Waals surface area contributed by atoms with Crippen molar-refractivity contribution in [2.45, 2.75) is 19.4 Å². The van der Waals surface area contributed by atoms with Gasteiger partial charge >= 0.3 is 0 Å². The number of anilines is 2. The molecule has 28 heavy (non-hydrogen) atoms. The zero-order chi connectivity index (χ0) is 18.9. The van der Waals surface area contributed by atoms with Crippen LogP contribution in [0.5, 0.6) is 0 Å². The van der Waals surface area contributed by atoms with Crippen LogP contribution in [0.2, 0.25) is 0 Å². The van der Waals surface area contributed by atoms with E-state index in [0.717, 1.165) is 31.1 Å². The second kappa shape index (κ2) is 6.97. The summed E-state index contributed by atoms with van der Waals surface area (Å²) >= 11 is 0. The third-order valence-corrected chi connectivity index (χ3v) is 5.50. The Kier molecular flexibility index (Phi) is 4.17. The van der Waals surface area contributed by atoms with Gasteiger partial charge in [-0.2, -0.15) is 0 Å². The van der Waals surface area contributed by atoms with E-state index < -0.39 is 0 Å².